The van der Waals surface area contributed by atoms with Crippen LogP contribution in [0, 0.1) is 0 Å². The van der Waals surface area contributed by atoms with E-state index in [1.54, 1.807) is 0 Å². The van der Waals surface area contributed by atoms with E-state index in [9.17, 15) is 24.0 Å². The van der Waals surface area contributed by atoms with Crippen LogP contribution >= 0.6 is 0 Å². The molecule has 0 aromatic carbocycles. The number of nitrogens with one attached hydrogen (secondary N) is 3. The predicted molar refractivity (Wildman–Crippen MR) is 129 cm³/mol. The van der Waals surface area contributed by atoms with Crippen molar-refractivity contribution < 1.29 is 29.1 Å². The van der Waals surface area contributed by atoms with Gasteiger partial charge in [0, 0.05) is 6.54 Å². The summed E-state index contributed by atoms with van der Waals surface area (Å²) in [7, 11) is 0. The normalized spacial score (nSPS) is 17.8. The van der Waals surface area contributed by atoms with Gasteiger partial charge in [-0.05, 0) is 65.0 Å². The zero-order chi connectivity index (χ0) is 26.4. The van der Waals surface area contributed by atoms with Crippen molar-refractivity contribution in [2.75, 3.05) is 26.2 Å². The SMILES string of the molecule is C[C@H](NC(=O)[C@@H]1CCCN1C(=O)CNC(=O)[C@H](CCCCN)NC(=O)[C@@H](N)CCCCN)C(=O)O. The minimum atomic E-state index is -1.18. The lowest BCUT2D eigenvalue weighted by Crippen LogP contribution is -2.54. The Hall–Kier alpha value is -2.77. The van der Waals surface area contributed by atoms with E-state index in [1.165, 1.54) is 11.8 Å². The van der Waals surface area contributed by atoms with Crippen LogP contribution < -0.4 is 33.2 Å². The molecule has 10 N–H and O–H groups in total. The second kappa shape index (κ2) is 16.0. The fourth-order valence-corrected chi connectivity index (χ4v) is 3.78. The van der Waals surface area contributed by atoms with Crippen LogP contribution in [-0.2, 0) is 24.0 Å². The maximum atomic E-state index is 12.8. The summed E-state index contributed by atoms with van der Waals surface area (Å²) in [4.78, 5) is 62.7. The Morgan fingerprint density at radius 1 is 0.971 bits per heavy atom. The molecular weight excluding hydrogens is 458 g/mol. The Morgan fingerprint density at radius 3 is 2.20 bits per heavy atom. The maximum Gasteiger partial charge on any atom is 0.325 e. The van der Waals surface area contributed by atoms with E-state index in [2.05, 4.69) is 16.0 Å². The van der Waals surface area contributed by atoms with Gasteiger partial charge in [0.05, 0.1) is 12.6 Å². The summed E-state index contributed by atoms with van der Waals surface area (Å²) in [5.41, 5.74) is 16.9. The van der Waals surface area contributed by atoms with Gasteiger partial charge in [0.15, 0.2) is 0 Å². The van der Waals surface area contributed by atoms with Gasteiger partial charge >= 0.3 is 5.97 Å². The molecule has 1 rings (SSSR count). The zero-order valence-corrected chi connectivity index (χ0v) is 20.5. The van der Waals surface area contributed by atoms with Crippen LogP contribution in [0.1, 0.15) is 58.3 Å². The Morgan fingerprint density at radius 2 is 1.60 bits per heavy atom. The monoisotopic (exact) mass is 499 g/mol. The average molecular weight is 500 g/mol. The molecule has 0 saturated carbocycles. The maximum absolute atomic E-state index is 12.8. The third kappa shape index (κ3) is 10.6. The smallest absolute Gasteiger partial charge is 0.325 e. The van der Waals surface area contributed by atoms with E-state index in [0.717, 1.165) is 6.42 Å². The van der Waals surface area contributed by atoms with Gasteiger partial charge in [-0.3, -0.25) is 24.0 Å². The van der Waals surface area contributed by atoms with Crippen molar-refractivity contribution in [1.82, 2.24) is 20.9 Å². The summed E-state index contributed by atoms with van der Waals surface area (Å²) in [5.74, 6) is -3.18. The molecule has 1 aliphatic rings. The zero-order valence-electron chi connectivity index (χ0n) is 20.5. The minimum Gasteiger partial charge on any atom is -0.480 e. The predicted octanol–water partition coefficient (Wildman–Crippen LogP) is -2.25. The van der Waals surface area contributed by atoms with E-state index in [-0.39, 0.29) is 6.54 Å². The second-order valence-electron chi connectivity index (χ2n) is 8.77. The topological polar surface area (TPSA) is 223 Å². The molecule has 13 heteroatoms. The minimum absolute atomic E-state index is 0.322. The third-order valence-electron chi connectivity index (χ3n) is 5.90. The number of carbonyl (C=O) groups is 5. The highest BCUT2D eigenvalue weighted by molar-refractivity contribution is 5.94. The van der Waals surface area contributed by atoms with E-state index in [1.807, 2.05) is 0 Å². The summed E-state index contributed by atoms with van der Waals surface area (Å²) < 4.78 is 0. The van der Waals surface area contributed by atoms with E-state index in [4.69, 9.17) is 22.3 Å². The molecule has 13 nitrogen and oxygen atoms in total. The molecule has 0 spiro atoms. The molecule has 0 aliphatic carbocycles. The first kappa shape index (κ1) is 30.3. The van der Waals surface area contributed by atoms with Crippen molar-refractivity contribution in [2.24, 2.45) is 17.2 Å². The number of carbonyl (C=O) groups excluding carboxylic acids is 4. The first-order valence-electron chi connectivity index (χ1n) is 12.2. The highest BCUT2D eigenvalue weighted by atomic mass is 16.4. The number of amides is 4. The summed E-state index contributed by atoms with van der Waals surface area (Å²) in [6.45, 7) is 2.25. The average Bonchev–Trinajstić information content (AvgIpc) is 3.32. The standard InChI is InChI=1S/C22H41N7O6/c1-14(22(34)35)27-21(33)17-9-6-12-29(17)18(30)13-26-20(32)16(8-3-5-11-24)28-19(31)15(25)7-2-4-10-23/h14-17H,2-13,23-25H2,1H3,(H,26,32)(H,27,33)(H,28,31)(H,34,35)/t14-,15-,16-,17-/m0/s1. The van der Waals surface area contributed by atoms with Crippen molar-refractivity contribution in [2.45, 2.75) is 82.5 Å². The molecule has 0 aromatic heterocycles. The lowest BCUT2D eigenvalue weighted by molar-refractivity contribution is -0.143. The Kier molecular flexibility index (Phi) is 13.8. The number of aliphatic carboxylic acids is 1. The van der Waals surface area contributed by atoms with Crippen LogP contribution in [0.2, 0.25) is 0 Å². The van der Waals surface area contributed by atoms with Crippen molar-refractivity contribution in [3.05, 3.63) is 0 Å². The number of nitrogens with zero attached hydrogens (tertiary/aromatic N) is 1. The van der Waals surface area contributed by atoms with Crippen molar-refractivity contribution in [1.29, 1.82) is 0 Å². The first-order valence-corrected chi connectivity index (χ1v) is 12.2. The van der Waals surface area contributed by atoms with Crippen molar-refractivity contribution in [3.63, 3.8) is 0 Å². The second-order valence-corrected chi connectivity index (χ2v) is 8.77. The summed E-state index contributed by atoms with van der Waals surface area (Å²) in [6, 6.07) is -3.53. The van der Waals surface area contributed by atoms with Gasteiger partial charge in [0.25, 0.3) is 0 Å². The van der Waals surface area contributed by atoms with Gasteiger partial charge < -0.3 is 43.2 Å². The molecule has 0 radical (unpaired) electrons. The fraction of sp³-hybridized carbons (Fsp3) is 0.773. The van der Waals surface area contributed by atoms with Crippen molar-refractivity contribution in [3.8, 4) is 0 Å². The quantitative estimate of drug-likeness (QED) is 0.114. The Bertz CT molecular complexity index is 735. The fourth-order valence-electron chi connectivity index (χ4n) is 3.78. The number of hydrogen-bond donors (Lipinski definition) is 7. The molecule has 0 unspecified atom stereocenters. The molecule has 0 aromatic rings. The molecular formula is C22H41N7O6. The summed E-state index contributed by atoms with van der Waals surface area (Å²) in [5, 5.41) is 16.6. The van der Waals surface area contributed by atoms with Crippen molar-refractivity contribution >= 4 is 29.6 Å². The number of unbranched alkanes of at least 4 members (excludes halogenated alkanes) is 2. The van der Waals surface area contributed by atoms with Crippen LogP contribution in [-0.4, -0.2) is 90.0 Å². The summed E-state index contributed by atoms with van der Waals surface area (Å²) in [6.07, 6.45) is 4.46. The van der Waals surface area contributed by atoms with Crippen LogP contribution in [0.15, 0.2) is 0 Å². The van der Waals surface area contributed by atoms with Crippen LogP contribution in [0.5, 0.6) is 0 Å². The van der Waals surface area contributed by atoms with Gasteiger partial charge in [-0.2, -0.15) is 0 Å². The van der Waals surface area contributed by atoms with Gasteiger partial charge in [0.1, 0.15) is 18.1 Å². The Balaban J connectivity index is 2.68. The number of rotatable bonds is 16. The molecule has 1 fully saturated rings. The molecule has 4 atom stereocenters. The Labute approximate surface area is 205 Å². The van der Waals surface area contributed by atoms with Crippen LogP contribution in [0.25, 0.3) is 0 Å². The summed E-state index contributed by atoms with van der Waals surface area (Å²) >= 11 is 0. The molecule has 200 valence electrons. The largest absolute Gasteiger partial charge is 0.480 e. The van der Waals surface area contributed by atoms with Gasteiger partial charge in [-0.1, -0.05) is 6.42 Å². The molecule has 35 heavy (non-hydrogen) atoms. The molecule has 0 bridgehead atoms. The lowest BCUT2D eigenvalue weighted by Gasteiger charge is -2.25. The number of carboxylic acid groups (broad SMARTS) is 1. The van der Waals surface area contributed by atoms with E-state index in [0.29, 0.717) is 64.6 Å². The number of carboxylic acids is 1. The molecule has 1 aliphatic heterocycles. The van der Waals surface area contributed by atoms with Crippen LogP contribution in [0.3, 0.4) is 0 Å². The van der Waals surface area contributed by atoms with Crippen LogP contribution in [0.4, 0.5) is 0 Å². The molecule has 4 amide bonds. The van der Waals surface area contributed by atoms with E-state index < -0.39 is 53.8 Å². The van der Waals surface area contributed by atoms with Gasteiger partial charge in [0.2, 0.25) is 23.6 Å². The van der Waals surface area contributed by atoms with Gasteiger partial charge in [-0.15, -0.1) is 0 Å². The first-order chi connectivity index (χ1) is 16.6. The lowest BCUT2D eigenvalue weighted by atomic mass is 10.1. The highest BCUT2D eigenvalue weighted by Gasteiger charge is 2.35. The van der Waals surface area contributed by atoms with E-state index >= 15 is 0 Å². The molecule has 1 saturated heterocycles. The molecule has 1 heterocycles. The number of nitrogens with two attached hydrogens (primary N) is 3. The number of hydrogen-bond acceptors (Lipinski definition) is 8. The third-order valence-corrected chi connectivity index (χ3v) is 5.90. The van der Waals surface area contributed by atoms with Gasteiger partial charge in [-0.25, -0.2) is 0 Å². The number of likely N-dealkylation sites (tertiary alicyclic amines) is 1. The highest BCUT2D eigenvalue weighted by Crippen LogP contribution is 2.17.